The smallest absolute Gasteiger partial charge is 0.264 e. The zero-order valence-electron chi connectivity index (χ0n) is 17.7. The Balaban J connectivity index is 1.68. The summed E-state index contributed by atoms with van der Waals surface area (Å²) in [7, 11) is 2.93. The normalized spacial score (nSPS) is 17.2. The monoisotopic (exact) mass is 435 g/mol. The van der Waals surface area contributed by atoms with Crippen molar-refractivity contribution in [1.29, 1.82) is 0 Å². The van der Waals surface area contributed by atoms with Crippen LogP contribution in [-0.4, -0.2) is 31.0 Å². The van der Waals surface area contributed by atoms with Crippen LogP contribution in [0.1, 0.15) is 27.9 Å². The van der Waals surface area contributed by atoms with E-state index in [2.05, 4.69) is 0 Å². The van der Waals surface area contributed by atoms with Crippen molar-refractivity contribution in [2.24, 2.45) is 0 Å². The number of methoxy groups -OCH3 is 2. The lowest BCUT2D eigenvalue weighted by Gasteiger charge is -2.23. The molecule has 0 fully saturated rings. The summed E-state index contributed by atoms with van der Waals surface area (Å²) in [6.45, 7) is 0.0654. The molecule has 7 heteroatoms. The molecule has 1 heterocycles. The highest BCUT2D eigenvalue weighted by atomic mass is 19.1. The average Bonchev–Trinajstić information content (AvgIpc) is 3.00. The Kier molecular flexibility index (Phi) is 5.67. The standard InChI is InChI=1S/C25H22FNO5/c1-31-18-10-11-19(23(13-18)32-2)22(28)14-25(30)20-8-3-4-9-21(20)27(24(25)29)15-16-6-5-7-17(26)12-16/h3-13,30H,14-15H2,1-2H3. The van der Waals surface area contributed by atoms with Crippen LogP contribution in [0.4, 0.5) is 10.1 Å². The van der Waals surface area contributed by atoms with E-state index in [1.807, 2.05) is 0 Å². The molecule has 0 saturated carbocycles. The summed E-state index contributed by atoms with van der Waals surface area (Å²) in [6, 6.07) is 17.4. The first-order chi connectivity index (χ1) is 15.4. The van der Waals surface area contributed by atoms with Gasteiger partial charge in [0.25, 0.3) is 5.91 Å². The van der Waals surface area contributed by atoms with E-state index in [1.165, 1.54) is 31.3 Å². The van der Waals surface area contributed by atoms with E-state index < -0.39 is 29.5 Å². The van der Waals surface area contributed by atoms with E-state index >= 15 is 0 Å². The van der Waals surface area contributed by atoms with Crippen LogP contribution in [0.25, 0.3) is 0 Å². The summed E-state index contributed by atoms with van der Waals surface area (Å²) >= 11 is 0. The van der Waals surface area contributed by atoms with Crippen LogP contribution >= 0.6 is 0 Å². The number of benzene rings is 3. The largest absolute Gasteiger partial charge is 0.497 e. The van der Waals surface area contributed by atoms with Crippen LogP contribution in [0.5, 0.6) is 11.5 Å². The van der Waals surface area contributed by atoms with Gasteiger partial charge in [-0.2, -0.15) is 0 Å². The maximum absolute atomic E-state index is 13.7. The second kappa shape index (κ2) is 8.43. The van der Waals surface area contributed by atoms with E-state index in [1.54, 1.807) is 54.6 Å². The van der Waals surface area contributed by atoms with Crippen LogP contribution < -0.4 is 14.4 Å². The van der Waals surface area contributed by atoms with Gasteiger partial charge in [0.05, 0.1) is 38.4 Å². The molecule has 1 aliphatic rings. The summed E-state index contributed by atoms with van der Waals surface area (Å²) in [5, 5.41) is 11.5. The number of amides is 1. The van der Waals surface area contributed by atoms with Crippen molar-refractivity contribution in [3.63, 3.8) is 0 Å². The number of para-hydroxylation sites is 1. The summed E-state index contributed by atoms with van der Waals surface area (Å²) < 4.78 is 24.1. The van der Waals surface area contributed by atoms with Gasteiger partial charge in [-0.25, -0.2) is 4.39 Å². The lowest BCUT2D eigenvalue weighted by atomic mass is 9.88. The van der Waals surface area contributed by atoms with Crippen LogP contribution in [0, 0.1) is 5.82 Å². The third-order valence-electron chi connectivity index (χ3n) is 5.59. The Morgan fingerprint density at radius 3 is 2.53 bits per heavy atom. The average molecular weight is 435 g/mol. The highest BCUT2D eigenvalue weighted by Gasteiger charge is 2.51. The lowest BCUT2D eigenvalue weighted by Crippen LogP contribution is -2.41. The predicted molar refractivity (Wildman–Crippen MR) is 116 cm³/mol. The van der Waals surface area contributed by atoms with Crippen molar-refractivity contribution < 1.29 is 28.6 Å². The second-order valence-corrected chi connectivity index (χ2v) is 7.56. The first-order valence-electron chi connectivity index (χ1n) is 10.0. The van der Waals surface area contributed by atoms with Gasteiger partial charge in [-0.1, -0.05) is 30.3 Å². The number of halogens is 1. The number of Topliss-reactive ketones (excluding diaryl/α,β-unsaturated/α-hetero) is 1. The zero-order valence-corrected chi connectivity index (χ0v) is 17.7. The van der Waals surface area contributed by atoms with Crippen molar-refractivity contribution in [2.45, 2.75) is 18.6 Å². The third kappa shape index (κ3) is 3.71. The molecule has 0 spiro atoms. The van der Waals surface area contributed by atoms with Crippen LogP contribution in [-0.2, 0) is 16.9 Å². The van der Waals surface area contributed by atoms with Gasteiger partial charge in [-0.15, -0.1) is 0 Å². The van der Waals surface area contributed by atoms with Crippen LogP contribution in [0.15, 0.2) is 66.7 Å². The highest BCUT2D eigenvalue weighted by molar-refractivity contribution is 6.11. The molecule has 3 aromatic rings. The van der Waals surface area contributed by atoms with E-state index in [0.29, 0.717) is 22.6 Å². The number of ketones is 1. The van der Waals surface area contributed by atoms with E-state index in [4.69, 9.17) is 9.47 Å². The van der Waals surface area contributed by atoms with Gasteiger partial charge in [0.2, 0.25) is 0 Å². The van der Waals surface area contributed by atoms with Crippen LogP contribution in [0.3, 0.4) is 0 Å². The van der Waals surface area contributed by atoms with Gasteiger partial charge < -0.3 is 19.5 Å². The molecular weight excluding hydrogens is 413 g/mol. The molecular formula is C25H22FNO5. The summed E-state index contributed by atoms with van der Waals surface area (Å²) in [5.74, 6) is -0.708. The van der Waals surface area contributed by atoms with E-state index in [-0.39, 0.29) is 17.9 Å². The number of hydrogen-bond donors (Lipinski definition) is 1. The van der Waals surface area contributed by atoms with Gasteiger partial charge in [0, 0.05) is 11.6 Å². The Morgan fingerprint density at radius 1 is 1.03 bits per heavy atom. The number of anilines is 1. The van der Waals surface area contributed by atoms with E-state index in [9.17, 15) is 19.1 Å². The predicted octanol–water partition coefficient (Wildman–Crippen LogP) is 3.85. The number of hydrogen-bond acceptors (Lipinski definition) is 5. The maximum Gasteiger partial charge on any atom is 0.264 e. The third-order valence-corrected chi connectivity index (χ3v) is 5.59. The minimum absolute atomic E-state index is 0.0654. The van der Waals surface area contributed by atoms with Crippen molar-refractivity contribution in [1.82, 2.24) is 0 Å². The first kappa shape index (κ1) is 21.5. The zero-order chi connectivity index (χ0) is 22.9. The minimum Gasteiger partial charge on any atom is -0.497 e. The fourth-order valence-corrected chi connectivity index (χ4v) is 4.01. The molecule has 0 aliphatic carbocycles. The maximum atomic E-state index is 13.7. The van der Waals surface area contributed by atoms with Crippen molar-refractivity contribution >= 4 is 17.4 Å². The Labute approximate surface area is 184 Å². The molecule has 0 saturated heterocycles. The number of ether oxygens (including phenoxy) is 2. The molecule has 1 atom stereocenters. The topological polar surface area (TPSA) is 76.1 Å². The molecule has 1 aliphatic heterocycles. The molecule has 1 amide bonds. The summed E-state index contributed by atoms with van der Waals surface area (Å²) in [6.07, 6.45) is -0.467. The molecule has 3 aromatic carbocycles. The van der Waals surface area contributed by atoms with E-state index in [0.717, 1.165) is 0 Å². The molecule has 0 radical (unpaired) electrons. The molecule has 32 heavy (non-hydrogen) atoms. The fourth-order valence-electron chi connectivity index (χ4n) is 4.01. The Bertz CT molecular complexity index is 1190. The molecule has 1 unspecified atom stereocenters. The van der Waals surface area contributed by atoms with Crippen molar-refractivity contribution in [3.05, 3.63) is 89.2 Å². The molecule has 0 aromatic heterocycles. The van der Waals surface area contributed by atoms with Gasteiger partial charge in [0.15, 0.2) is 11.4 Å². The molecule has 4 rings (SSSR count). The number of carbonyl (C=O) groups excluding carboxylic acids is 2. The second-order valence-electron chi connectivity index (χ2n) is 7.56. The lowest BCUT2D eigenvalue weighted by molar-refractivity contribution is -0.136. The highest BCUT2D eigenvalue weighted by Crippen LogP contribution is 2.44. The minimum atomic E-state index is -2.05. The Morgan fingerprint density at radius 2 is 1.81 bits per heavy atom. The van der Waals surface area contributed by atoms with Crippen molar-refractivity contribution in [3.8, 4) is 11.5 Å². The fraction of sp³-hybridized carbons (Fsp3) is 0.200. The molecule has 0 bridgehead atoms. The number of fused-ring (bicyclic) bond motifs is 1. The molecule has 1 N–H and O–H groups in total. The van der Waals surface area contributed by atoms with Gasteiger partial charge >= 0.3 is 0 Å². The molecule has 6 nitrogen and oxygen atoms in total. The van der Waals surface area contributed by atoms with Crippen LogP contribution in [0.2, 0.25) is 0 Å². The van der Waals surface area contributed by atoms with Crippen molar-refractivity contribution in [2.75, 3.05) is 19.1 Å². The molecule has 164 valence electrons. The first-order valence-corrected chi connectivity index (χ1v) is 10.0. The SMILES string of the molecule is COc1ccc(C(=O)CC2(O)C(=O)N(Cc3cccc(F)c3)c3ccccc32)c(OC)c1. The quantitative estimate of drug-likeness (QED) is 0.571. The number of nitrogens with zero attached hydrogens (tertiary/aromatic N) is 1. The Hall–Kier alpha value is -3.71. The number of rotatable bonds is 7. The van der Waals surface area contributed by atoms with Gasteiger partial charge in [-0.05, 0) is 35.9 Å². The van der Waals surface area contributed by atoms with Gasteiger partial charge in [0.1, 0.15) is 17.3 Å². The number of carbonyl (C=O) groups is 2. The summed E-state index contributed by atoms with van der Waals surface area (Å²) in [5.41, 5.74) is -0.427. The number of aliphatic hydroxyl groups is 1. The van der Waals surface area contributed by atoms with Gasteiger partial charge in [-0.3, -0.25) is 9.59 Å². The summed E-state index contributed by atoms with van der Waals surface area (Å²) in [4.78, 5) is 27.9.